The first-order valence-electron chi connectivity index (χ1n) is 3.03. The molecule has 0 aliphatic heterocycles. The molecule has 4 nitrogen and oxygen atoms in total. The van der Waals surface area contributed by atoms with E-state index in [2.05, 4.69) is 5.32 Å². The van der Waals surface area contributed by atoms with Crippen molar-refractivity contribution in [2.45, 2.75) is 0 Å². The second kappa shape index (κ2) is 3.41. The fourth-order valence-electron chi connectivity index (χ4n) is 0.407. The average Bonchev–Trinajstić information content (AvgIpc) is 1.59. The van der Waals surface area contributed by atoms with Gasteiger partial charge in [-0.15, -0.1) is 0 Å². The lowest BCUT2D eigenvalue weighted by atomic mass is 10.5. The Bertz CT molecular complexity index is 117. The Morgan fingerprint density at radius 2 is 2.10 bits per heavy atom. The fraction of sp³-hybridized carbons (Fsp3) is 0.667. The van der Waals surface area contributed by atoms with Gasteiger partial charge >= 0.3 is 6.09 Å². The van der Waals surface area contributed by atoms with E-state index in [0.29, 0.717) is 6.54 Å². The molecule has 1 amide bonds. The van der Waals surface area contributed by atoms with E-state index in [1.807, 2.05) is 21.1 Å². The van der Waals surface area contributed by atoms with E-state index in [1.165, 1.54) is 6.54 Å². The highest BCUT2D eigenvalue weighted by atomic mass is 16.4. The van der Waals surface area contributed by atoms with Crippen LogP contribution in [0.1, 0.15) is 0 Å². The van der Waals surface area contributed by atoms with Gasteiger partial charge < -0.3 is 14.9 Å². The van der Waals surface area contributed by atoms with Crippen LogP contribution in [0.25, 0.3) is 0 Å². The van der Waals surface area contributed by atoms with Crippen LogP contribution in [0.4, 0.5) is 4.79 Å². The number of amides is 1. The molecule has 59 valence electrons. The molecule has 0 aromatic heterocycles. The smallest absolute Gasteiger partial charge is 0.405 e. The van der Waals surface area contributed by atoms with Gasteiger partial charge in [-0.1, -0.05) is 0 Å². The SMILES string of the molecule is C[N+](C)(C)C[CH]NC(=O)O. The normalized spacial score (nSPS) is 11.1. The molecule has 0 bridgehead atoms. The Morgan fingerprint density at radius 3 is 2.40 bits per heavy atom. The fourth-order valence-corrected chi connectivity index (χ4v) is 0.407. The molecule has 0 aliphatic carbocycles. The van der Waals surface area contributed by atoms with Gasteiger partial charge in [0.25, 0.3) is 0 Å². The van der Waals surface area contributed by atoms with E-state index in [-0.39, 0.29) is 0 Å². The van der Waals surface area contributed by atoms with Gasteiger partial charge in [0.1, 0.15) is 13.1 Å². The number of hydrogen-bond donors (Lipinski definition) is 2. The minimum Gasteiger partial charge on any atom is -0.465 e. The molecule has 0 aliphatic rings. The Labute approximate surface area is 61.0 Å². The van der Waals surface area contributed by atoms with Crippen LogP contribution in [-0.2, 0) is 0 Å². The third kappa shape index (κ3) is 7.23. The number of rotatable bonds is 3. The lowest BCUT2D eigenvalue weighted by Crippen LogP contribution is -2.38. The quantitative estimate of drug-likeness (QED) is 0.556. The molecule has 0 aromatic rings. The summed E-state index contributed by atoms with van der Waals surface area (Å²) in [7, 11) is 5.96. The summed E-state index contributed by atoms with van der Waals surface area (Å²) in [6.07, 6.45) is -1.01. The van der Waals surface area contributed by atoms with E-state index in [1.54, 1.807) is 0 Å². The molecule has 0 aromatic carbocycles. The van der Waals surface area contributed by atoms with Crippen molar-refractivity contribution in [3.63, 3.8) is 0 Å². The minimum atomic E-state index is -1.01. The summed E-state index contributed by atoms with van der Waals surface area (Å²) >= 11 is 0. The number of quaternary nitrogens is 1. The second-order valence-electron chi connectivity index (χ2n) is 3.13. The highest BCUT2D eigenvalue weighted by Gasteiger charge is 2.06. The Kier molecular flexibility index (Phi) is 3.15. The van der Waals surface area contributed by atoms with Crippen molar-refractivity contribution < 1.29 is 14.4 Å². The van der Waals surface area contributed by atoms with E-state index in [9.17, 15) is 4.79 Å². The summed E-state index contributed by atoms with van der Waals surface area (Å²) in [4.78, 5) is 9.94. The molecule has 0 unspecified atom stereocenters. The number of nitrogens with zero attached hydrogens (tertiary/aromatic N) is 1. The van der Waals surface area contributed by atoms with Gasteiger partial charge in [-0.3, -0.25) is 0 Å². The number of carboxylic acid groups (broad SMARTS) is 1. The van der Waals surface area contributed by atoms with Crippen LogP contribution in [0.3, 0.4) is 0 Å². The molecule has 4 heteroatoms. The lowest BCUT2D eigenvalue weighted by molar-refractivity contribution is -0.866. The third-order valence-corrected chi connectivity index (χ3v) is 0.865. The molecule has 2 N–H and O–H groups in total. The second-order valence-corrected chi connectivity index (χ2v) is 3.13. The van der Waals surface area contributed by atoms with Gasteiger partial charge in [0.15, 0.2) is 0 Å². The molecule has 10 heavy (non-hydrogen) atoms. The van der Waals surface area contributed by atoms with Crippen molar-refractivity contribution >= 4 is 6.09 Å². The van der Waals surface area contributed by atoms with Crippen LogP contribution >= 0.6 is 0 Å². The first-order chi connectivity index (χ1) is 4.42. The van der Waals surface area contributed by atoms with Crippen LogP contribution in [0.5, 0.6) is 0 Å². The Hall–Kier alpha value is -0.770. The highest BCUT2D eigenvalue weighted by molar-refractivity contribution is 5.65. The molecule has 0 spiro atoms. The summed E-state index contributed by atoms with van der Waals surface area (Å²) in [6, 6.07) is 0. The predicted molar refractivity (Wildman–Crippen MR) is 38.4 cm³/mol. The molecule has 0 saturated carbocycles. The van der Waals surface area contributed by atoms with Crippen LogP contribution < -0.4 is 5.32 Å². The van der Waals surface area contributed by atoms with Gasteiger partial charge in [-0.2, -0.15) is 0 Å². The first-order valence-corrected chi connectivity index (χ1v) is 3.03. The maximum absolute atomic E-state index is 9.94. The predicted octanol–water partition coefficient (Wildman–Crippen LogP) is 0.122. The Morgan fingerprint density at radius 1 is 1.60 bits per heavy atom. The van der Waals surface area contributed by atoms with E-state index >= 15 is 0 Å². The molecule has 0 saturated heterocycles. The Balaban J connectivity index is 3.29. The standard InChI is InChI=1S/C6H13N2O2/c1-8(2,3)5-4-7-6(9)10/h4,7H,5H2,1-3H3/p+1. The number of hydrogen-bond acceptors (Lipinski definition) is 1. The summed E-state index contributed by atoms with van der Waals surface area (Å²) in [5.74, 6) is 0. The van der Waals surface area contributed by atoms with Crippen molar-refractivity contribution in [2.24, 2.45) is 0 Å². The molecule has 0 rings (SSSR count). The van der Waals surface area contributed by atoms with Crippen LogP contribution in [-0.4, -0.2) is 43.4 Å². The zero-order valence-electron chi connectivity index (χ0n) is 6.59. The number of carbonyl (C=O) groups is 1. The molecule has 1 radical (unpaired) electrons. The van der Waals surface area contributed by atoms with Gasteiger partial charge in [0.05, 0.1) is 21.1 Å². The average molecular weight is 146 g/mol. The number of nitrogens with one attached hydrogen (secondary N) is 1. The molecule has 0 fully saturated rings. The van der Waals surface area contributed by atoms with Gasteiger partial charge in [0, 0.05) is 0 Å². The topological polar surface area (TPSA) is 49.3 Å². The lowest BCUT2D eigenvalue weighted by Gasteiger charge is -2.22. The van der Waals surface area contributed by atoms with Crippen molar-refractivity contribution in [1.29, 1.82) is 0 Å². The molecular formula is C6H14N2O2+. The maximum Gasteiger partial charge on any atom is 0.405 e. The monoisotopic (exact) mass is 146 g/mol. The van der Waals surface area contributed by atoms with Crippen molar-refractivity contribution in [2.75, 3.05) is 27.7 Å². The van der Waals surface area contributed by atoms with E-state index < -0.39 is 6.09 Å². The van der Waals surface area contributed by atoms with E-state index in [4.69, 9.17) is 5.11 Å². The molecule has 0 heterocycles. The van der Waals surface area contributed by atoms with Crippen LogP contribution in [0, 0.1) is 6.54 Å². The molecule has 0 atom stereocenters. The summed E-state index contributed by atoms with van der Waals surface area (Å²) in [6.45, 7) is 2.22. The maximum atomic E-state index is 9.94. The van der Waals surface area contributed by atoms with Gasteiger partial charge in [0.2, 0.25) is 0 Å². The van der Waals surface area contributed by atoms with E-state index in [0.717, 1.165) is 4.48 Å². The minimum absolute atomic E-state index is 0.687. The van der Waals surface area contributed by atoms with Crippen LogP contribution in [0.15, 0.2) is 0 Å². The third-order valence-electron chi connectivity index (χ3n) is 0.865. The van der Waals surface area contributed by atoms with Crippen molar-refractivity contribution in [3.8, 4) is 0 Å². The summed E-state index contributed by atoms with van der Waals surface area (Å²) in [5, 5.41) is 10.3. The van der Waals surface area contributed by atoms with Gasteiger partial charge in [-0.05, 0) is 0 Å². The van der Waals surface area contributed by atoms with Gasteiger partial charge in [-0.25, -0.2) is 4.79 Å². The summed E-state index contributed by atoms with van der Waals surface area (Å²) < 4.78 is 0.722. The van der Waals surface area contributed by atoms with Crippen molar-refractivity contribution in [3.05, 3.63) is 6.54 Å². The van der Waals surface area contributed by atoms with Crippen LogP contribution in [0.2, 0.25) is 0 Å². The van der Waals surface area contributed by atoms with Crippen molar-refractivity contribution in [1.82, 2.24) is 5.32 Å². The molecular weight excluding hydrogens is 132 g/mol. The highest BCUT2D eigenvalue weighted by Crippen LogP contribution is 1.88. The zero-order chi connectivity index (χ0) is 8.20. The largest absolute Gasteiger partial charge is 0.465 e. The summed E-state index contributed by atoms with van der Waals surface area (Å²) in [5.41, 5.74) is 0. The first kappa shape index (κ1) is 9.23. The number of likely N-dealkylation sites (N-methyl/N-ethyl adjacent to an activating group) is 1. The zero-order valence-corrected chi connectivity index (χ0v) is 6.59.